The van der Waals surface area contributed by atoms with Gasteiger partial charge in [-0.15, -0.1) is 0 Å². The molecule has 1 fully saturated rings. The van der Waals surface area contributed by atoms with Crippen LogP contribution in [0.4, 0.5) is 0 Å². The Morgan fingerprint density at radius 1 is 1.36 bits per heavy atom. The molecule has 0 spiro atoms. The molecule has 0 saturated heterocycles. The van der Waals surface area contributed by atoms with Crippen molar-refractivity contribution in [1.29, 1.82) is 0 Å². The van der Waals surface area contributed by atoms with E-state index in [1.807, 2.05) is 0 Å². The van der Waals surface area contributed by atoms with Gasteiger partial charge in [-0.05, 0) is 11.8 Å². The van der Waals surface area contributed by atoms with Crippen molar-refractivity contribution in [1.82, 2.24) is 0 Å². The lowest BCUT2D eigenvalue weighted by Crippen LogP contribution is -2.23. The average molecular weight is 149 g/mol. The predicted octanol–water partition coefficient (Wildman–Crippen LogP) is 2.90. The first-order chi connectivity index (χ1) is 5.15. The van der Waals surface area contributed by atoms with E-state index in [0.29, 0.717) is 11.8 Å². The molecule has 0 heterocycles. The van der Waals surface area contributed by atoms with Gasteiger partial charge in [-0.25, -0.2) is 6.57 Å². The summed E-state index contributed by atoms with van der Waals surface area (Å²) in [7, 11) is 0. The lowest BCUT2D eigenvalue weighted by molar-refractivity contribution is 0.389. The van der Waals surface area contributed by atoms with Crippen LogP contribution in [0.3, 0.4) is 0 Å². The van der Waals surface area contributed by atoms with Gasteiger partial charge in [0.15, 0.2) is 0 Å². The van der Waals surface area contributed by atoms with Gasteiger partial charge < -0.3 is 4.85 Å². The Kier molecular flexibility index (Phi) is 2.34. The van der Waals surface area contributed by atoms with Gasteiger partial charge in [-0.2, -0.15) is 0 Å². The zero-order valence-electron chi connectivity index (χ0n) is 7.30. The number of nitrogens with zero attached hydrogens (tertiary/aromatic N) is 1. The summed E-state index contributed by atoms with van der Waals surface area (Å²) in [5.41, 5.74) is 1.34. The highest BCUT2D eigenvalue weighted by Crippen LogP contribution is 2.33. The van der Waals surface area contributed by atoms with Crippen LogP contribution in [0.5, 0.6) is 0 Å². The molecule has 0 amide bonds. The Labute approximate surface area is 68.9 Å². The van der Waals surface area contributed by atoms with E-state index in [-0.39, 0.29) is 6.04 Å². The third-order valence-corrected chi connectivity index (χ3v) is 2.70. The van der Waals surface area contributed by atoms with Gasteiger partial charge in [0.25, 0.3) is 0 Å². The maximum atomic E-state index is 6.94. The quantitative estimate of drug-likeness (QED) is 0.368. The van der Waals surface area contributed by atoms with Crippen LogP contribution in [-0.2, 0) is 0 Å². The molecule has 2 unspecified atom stereocenters. The Morgan fingerprint density at radius 3 is 2.18 bits per heavy atom. The first kappa shape index (κ1) is 8.33. The lowest BCUT2D eigenvalue weighted by Gasteiger charge is -2.27. The van der Waals surface area contributed by atoms with Crippen molar-refractivity contribution in [2.75, 3.05) is 0 Å². The van der Waals surface area contributed by atoms with Crippen molar-refractivity contribution in [2.45, 2.75) is 32.7 Å². The molecule has 1 heteroatoms. The molecule has 1 rings (SSSR count). The first-order valence-electron chi connectivity index (χ1n) is 4.20. The van der Waals surface area contributed by atoms with Crippen LogP contribution in [0.15, 0.2) is 12.2 Å². The summed E-state index contributed by atoms with van der Waals surface area (Å²) in [6.45, 7) is 15.3. The second-order valence-corrected chi connectivity index (χ2v) is 3.63. The number of rotatable bonds is 0. The smallest absolute Gasteiger partial charge is 0.224 e. The molecule has 1 aliphatic rings. The molecule has 0 aromatic rings. The van der Waals surface area contributed by atoms with Crippen molar-refractivity contribution >= 4 is 0 Å². The molecule has 11 heavy (non-hydrogen) atoms. The van der Waals surface area contributed by atoms with Crippen molar-refractivity contribution in [3.05, 3.63) is 23.6 Å². The molecule has 0 aliphatic heterocycles. The largest absolute Gasteiger partial charge is 0.314 e. The Balaban J connectivity index is 2.63. The minimum absolute atomic E-state index is 0.255. The molecule has 1 aliphatic carbocycles. The average Bonchev–Trinajstić information content (AvgIpc) is 1.99. The fraction of sp³-hybridized carbons (Fsp3) is 0.700. The van der Waals surface area contributed by atoms with Crippen LogP contribution in [0.25, 0.3) is 4.85 Å². The van der Waals surface area contributed by atoms with E-state index in [1.54, 1.807) is 0 Å². The summed E-state index contributed by atoms with van der Waals surface area (Å²) >= 11 is 0. The van der Waals surface area contributed by atoms with Gasteiger partial charge in [-0.1, -0.05) is 26.0 Å². The maximum Gasteiger partial charge on any atom is 0.224 e. The van der Waals surface area contributed by atoms with E-state index >= 15 is 0 Å². The fourth-order valence-corrected chi connectivity index (χ4v) is 1.81. The van der Waals surface area contributed by atoms with Crippen LogP contribution < -0.4 is 0 Å². The minimum Gasteiger partial charge on any atom is -0.314 e. The maximum absolute atomic E-state index is 6.94. The number of hydrogen-bond donors (Lipinski definition) is 0. The standard InChI is InChI=1S/C10H15N/c1-7-5-10(11-4)6-8(2)9(7)3/h7-8,10H,3,5-6H2,1-2H3. The van der Waals surface area contributed by atoms with Gasteiger partial charge in [0.1, 0.15) is 0 Å². The van der Waals surface area contributed by atoms with Crippen molar-refractivity contribution < 1.29 is 0 Å². The summed E-state index contributed by atoms with van der Waals surface area (Å²) in [6, 6.07) is 0.255. The molecule has 1 saturated carbocycles. The third kappa shape index (κ3) is 1.63. The molecular weight excluding hydrogens is 134 g/mol. The van der Waals surface area contributed by atoms with Gasteiger partial charge in [0, 0.05) is 12.8 Å². The van der Waals surface area contributed by atoms with E-state index in [4.69, 9.17) is 6.57 Å². The Bertz CT molecular complexity index is 185. The van der Waals surface area contributed by atoms with Crippen molar-refractivity contribution in [3.8, 4) is 0 Å². The molecule has 0 aromatic carbocycles. The van der Waals surface area contributed by atoms with E-state index < -0.39 is 0 Å². The van der Waals surface area contributed by atoms with E-state index in [2.05, 4.69) is 25.3 Å². The molecular formula is C10H15N. The topological polar surface area (TPSA) is 4.36 Å². The normalized spacial score (nSPS) is 38.3. The number of hydrogen-bond acceptors (Lipinski definition) is 0. The predicted molar refractivity (Wildman–Crippen MR) is 47.1 cm³/mol. The highest BCUT2D eigenvalue weighted by Gasteiger charge is 2.29. The first-order valence-corrected chi connectivity index (χ1v) is 4.20. The van der Waals surface area contributed by atoms with Crippen molar-refractivity contribution in [2.24, 2.45) is 11.8 Å². The van der Waals surface area contributed by atoms with Crippen LogP contribution in [0.2, 0.25) is 0 Å². The van der Waals surface area contributed by atoms with Crippen LogP contribution in [0.1, 0.15) is 26.7 Å². The van der Waals surface area contributed by atoms with Crippen LogP contribution >= 0.6 is 0 Å². The fourth-order valence-electron chi connectivity index (χ4n) is 1.81. The molecule has 2 atom stereocenters. The summed E-state index contributed by atoms with van der Waals surface area (Å²) in [5.74, 6) is 1.11. The lowest BCUT2D eigenvalue weighted by atomic mass is 9.77. The molecule has 60 valence electrons. The molecule has 1 nitrogen and oxygen atoms in total. The van der Waals surface area contributed by atoms with Gasteiger partial charge in [0.05, 0.1) is 0 Å². The third-order valence-electron chi connectivity index (χ3n) is 2.70. The Morgan fingerprint density at radius 2 is 1.82 bits per heavy atom. The highest BCUT2D eigenvalue weighted by molar-refractivity contribution is 5.10. The monoisotopic (exact) mass is 149 g/mol. The van der Waals surface area contributed by atoms with E-state index in [1.165, 1.54) is 5.57 Å². The molecule has 0 bridgehead atoms. The van der Waals surface area contributed by atoms with E-state index in [0.717, 1.165) is 12.8 Å². The van der Waals surface area contributed by atoms with Gasteiger partial charge >= 0.3 is 0 Å². The van der Waals surface area contributed by atoms with Crippen LogP contribution in [0, 0.1) is 18.4 Å². The SMILES string of the molecule is [C-]#[N+]C1CC(C)C(=C)C(C)C1. The molecule has 0 aromatic heterocycles. The minimum atomic E-state index is 0.255. The zero-order valence-corrected chi connectivity index (χ0v) is 7.30. The summed E-state index contributed by atoms with van der Waals surface area (Å²) in [5, 5.41) is 0. The molecule has 0 N–H and O–H groups in total. The second-order valence-electron chi connectivity index (χ2n) is 3.63. The van der Waals surface area contributed by atoms with E-state index in [9.17, 15) is 0 Å². The summed E-state index contributed by atoms with van der Waals surface area (Å²) in [6.07, 6.45) is 2.04. The Hall–Kier alpha value is -0.770. The highest BCUT2D eigenvalue weighted by atomic mass is 14.7. The van der Waals surface area contributed by atoms with Gasteiger partial charge in [-0.3, -0.25) is 0 Å². The van der Waals surface area contributed by atoms with Gasteiger partial charge in [0.2, 0.25) is 6.04 Å². The van der Waals surface area contributed by atoms with Crippen molar-refractivity contribution in [3.63, 3.8) is 0 Å². The van der Waals surface area contributed by atoms with Crippen LogP contribution in [-0.4, -0.2) is 6.04 Å². The number of allylic oxidation sites excluding steroid dienone is 1. The summed E-state index contributed by atoms with van der Waals surface area (Å²) in [4.78, 5) is 3.59. The zero-order chi connectivity index (χ0) is 8.43. The molecule has 0 radical (unpaired) electrons. The second kappa shape index (κ2) is 3.09. The summed E-state index contributed by atoms with van der Waals surface area (Å²) < 4.78 is 0.